The van der Waals surface area contributed by atoms with Crippen molar-refractivity contribution in [3.8, 4) is 0 Å². The first-order valence-electron chi connectivity index (χ1n) is 6.59. The molecule has 1 amide bonds. The van der Waals surface area contributed by atoms with Crippen LogP contribution in [0.4, 0.5) is 5.69 Å². The van der Waals surface area contributed by atoms with Crippen molar-refractivity contribution in [1.82, 2.24) is 0 Å². The van der Waals surface area contributed by atoms with Crippen LogP contribution in [0.25, 0.3) is 0 Å². The van der Waals surface area contributed by atoms with E-state index in [1.54, 1.807) is 30.3 Å². The molecule has 112 valence electrons. The first-order chi connectivity index (χ1) is 10.5. The number of carbonyl (C=O) groups is 2. The standard InChI is InChI=1S/C16H11Cl2NO3/c17-10-6-11(18)8-12(7-10)19-15(20)14-5-9-3-1-2-4-13(9)16(21)22-14/h1-4,6-8,14H,5H2,(H,19,20)/t14-/m1/s1. The Bertz CT molecular complexity index is 741. The van der Waals surface area contributed by atoms with E-state index in [9.17, 15) is 9.59 Å². The van der Waals surface area contributed by atoms with E-state index in [1.807, 2.05) is 12.1 Å². The predicted octanol–water partition coefficient (Wildman–Crippen LogP) is 3.71. The maximum Gasteiger partial charge on any atom is 0.339 e. The number of fused-ring (bicyclic) bond motifs is 1. The summed E-state index contributed by atoms with van der Waals surface area (Å²) in [5, 5.41) is 3.48. The van der Waals surface area contributed by atoms with Crippen molar-refractivity contribution < 1.29 is 14.3 Å². The Labute approximate surface area is 137 Å². The Morgan fingerprint density at radius 1 is 1.14 bits per heavy atom. The molecule has 1 aliphatic heterocycles. The SMILES string of the molecule is O=C1O[C@@H](C(=O)Nc2cc(Cl)cc(Cl)c2)Cc2ccccc21. The van der Waals surface area contributed by atoms with Crippen LogP contribution < -0.4 is 5.32 Å². The van der Waals surface area contributed by atoms with Gasteiger partial charge in [0.2, 0.25) is 0 Å². The smallest absolute Gasteiger partial charge is 0.339 e. The zero-order valence-electron chi connectivity index (χ0n) is 11.3. The number of rotatable bonds is 2. The number of nitrogens with one attached hydrogen (secondary N) is 1. The lowest BCUT2D eigenvalue weighted by Gasteiger charge is -2.23. The maximum atomic E-state index is 12.3. The van der Waals surface area contributed by atoms with Crippen LogP contribution in [0.3, 0.4) is 0 Å². The molecule has 2 aromatic carbocycles. The molecule has 0 fully saturated rings. The van der Waals surface area contributed by atoms with Gasteiger partial charge in [-0.3, -0.25) is 4.79 Å². The lowest BCUT2D eigenvalue weighted by atomic mass is 9.98. The minimum absolute atomic E-state index is 0.335. The van der Waals surface area contributed by atoms with Gasteiger partial charge in [0.1, 0.15) is 0 Å². The molecule has 0 saturated heterocycles. The summed E-state index contributed by atoms with van der Waals surface area (Å²) < 4.78 is 5.19. The van der Waals surface area contributed by atoms with Gasteiger partial charge in [0.05, 0.1) is 5.56 Å². The molecule has 0 radical (unpaired) electrons. The number of benzene rings is 2. The van der Waals surface area contributed by atoms with Gasteiger partial charge in [-0.15, -0.1) is 0 Å². The largest absolute Gasteiger partial charge is 0.448 e. The molecule has 1 heterocycles. The molecule has 1 N–H and O–H groups in total. The van der Waals surface area contributed by atoms with E-state index in [2.05, 4.69) is 5.32 Å². The van der Waals surface area contributed by atoms with E-state index in [0.29, 0.717) is 27.7 Å². The first kappa shape index (κ1) is 14.9. The number of ether oxygens (including phenoxy) is 1. The molecule has 6 heteroatoms. The van der Waals surface area contributed by atoms with Crippen molar-refractivity contribution in [2.75, 3.05) is 5.32 Å². The molecular formula is C16H11Cl2NO3. The molecule has 3 rings (SSSR count). The Balaban J connectivity index is 1.78. The number of anilines is 1. The van der Waals surface area contributed by atoms with Gasteiger partial charge in [0.15, 0.2) is 6.10 Å². The fraction of sp³-hybridized carbons (Fsp3) is 0.125. The highest BCUT2D eigenvalue weighted by molar-refractivity contribution is 6.35. The van der Waals surface area contributed by atoms with Crippen LogP contribution in [0.2, 0.25) is 10.0 Å². The third-order valence-electron chi connectivity index (χ3n) is 3.31. The maximum absolute atomic E-state index is 12.3. The van der Waals surface area contributed by atoms with Gasteiger partial charge in [0, 0.05) is 22.2 Å². The average Bonchev–Trinajstić information content (AvgIpc) is 2.46. The molecule has 0 spiro atoms. The van der Waals surface area contributed by atoms with Crippen LogP contribution in [-0.4, -0.2) is 18.0 Å². The van der Waals surface area contributed by atoms with E-state index in [1.165, 1.54) is 0 Å². The lowest BCUT2D eigenvalue weighted by molar-refractivity contribution is -0.125. The normalized spacial score (nSPS) is 16.6. The second kappa shape index (κ2) is 5.99. The molecule has 2 aromatic rings. The second-order valence-electron chi connectivity index (χ2n) is 4.90. The van der Waals surface area contributed by atoms with Crippen molar-refractivity contribution in [2.45, 2.75) is 12.5 Å². The van der Waals surface area contributed by atoms with E-state index < -0.39 is 18.0 Å². The van der Waals surface area contributed by atoms with Gasteiger partial charge in [-0.05, 0) is 29.8 Å². The number of cyclic esters (lactones) is 1. The Morgan fingerprint density at radius 3 is 2.55 bits per heavy atom. The van der Waals surface area contributed by atoms with E-state index in [4.69, 9.17) is 27.9 Å². The van der Waals surface area contributed by atoms with Crippen molar-refractivity contribution in [2.24, 2.45) is 0 Å². The number of amides is 1. The summed E-state index contributed by atoms with van der Waals surface area (Å²) in [5.74, 6) is -0.910. The zero-order chi connectivity index (χ0) is 15.7. The summed E-state index contributed by atoms with van der Waals surface area (Å²) in [4.78, 5) is 24.2. The Morgan fingerprint density at radius 2 is 1.82 bits per heavy atom. The summed E-state index contributed by atoms with van der Waals surface area (Å²) in [6.45, 7) is 0. The van der Waals surface area contributed by atoms with Gasteiger partial charge in [-0.25, -0.2) is 4.79 Å². The second-order valence-corrected chi connectivity index (χ2v) is 5.78. The highest BCUT2D eigenvalue weighted by atomic mass is 35.5. The molecule has 0 saturated carbocycles. The molecule has 4 nitrogen and oxygen atoms in total. The summed E-state index contributed by atoms with van der Waals surface area (Å²) in [6, 6.07) is 11.8. The monoisotopic (exact) mass is 335 g/mol. The van der Waals surface area contributed by atoms with Crippen LogP contribution in [0, 0.1) is 0 Å². The minimum atomic E-state index is -0.875. The zero-order valence-corrected chi connectivity index (χ0v) is 12.8. The molecule has 0 unspecified atom stereocenters. The molecule has 22 heavy (non-hydrogen) atoms. The van der Waals surface area contributed by atoms with Gasteiger partial charge < -0.3 is 10.1 Å². The van der Waals surface area contributed by atoms with Crippen LogP contribution >= 0.6 is 23.2 Å². The van der Waals surface area contributed by atoms with Crippen molar-refractivity contribution >= 4 is 40.8 Å². The summed E-state index contributed by atoms with van der Waals surface area (Å²) in [7, 11) is 0. The molecule has 1 atom stereocenters. The van der Waals surface area contributed by atoms with Crippen LogP contribution in [0.1, 0.15) is 15.9 Å². The van der Waals surface area contributed by atoms with E-state index >= 15 is 0 Å². The number of hydrogen-bond acceptors (Lipinski definition) is 3. The van der Waals surface area contributed by atoms with Gasteiger partial charge in [-0.1, -0.05) is 41.4 Å². The van der Waals surface area contributed by atoms with Gasteiger partial charge >= 0.3 is 5.97 Å². The van der Waals surface area contributed by atoms with E-state index in [-0.39, 0.29) is 0 Å². The Hall–Kier alpha value is -2.04. The highest BCUT2D eigenvalue weighted by Gasteiger charge is 2.31. The topological polar surface area (TPSA) is 55.4 Å². The highest BCUT2D eigenvalue weighted by Crippen LogP contribution is 2.24. The van der Waals surface area contributed by atoms with Gasteiger partial charge in [0.25, 0.3) is 5.91 Å². The number of esters is 1. The van der Waals surface area contributed by atoms with Crippen LogP contribution in [0.15, 0.2) is 42.5 Å². The molecule has 0 aromatic heterocycles. The quantitative estimate of drug-likeness (QED) is 0.851. The minimum Gasteiger partial charge on any atom is -0.448 e. The lowest BCUT2D eigenvalue weighted by Crippen LogP contribution is -2.37. The van der Waals surface area contributed by atoms with Crippen LogP contribution in [0.5, 0.6) is 0 Å². The van der Waals surface area contributed by atoms with Gasteiger partial charge in [-0.2, -0.15) is 0 Å². The number of halogens is 2. The number of carbonyl (C=O) groups excluding carboxylic acids is 2. The number of hydrogen-bond donors (Lipinski definition) is 1. The Kier molecular flexibility index (Phi) is 4.05. The van der Waals surface area contributed by atoms with Crippen molar-refractivity contribution in [3.05, 3.63) is 63.6 Å². The first-order valence-corrected chi connectivity index (χ1v) is 7.34. The average molecular weight is 336 g/mol. The molecular weight excluding hydrogens is 325 g/mol. The molecule has 0 aliphatic carbocycles. The third-order valence-corrected chi connectivity index (χ3v) is 3.75. The predicted molar refractivity (Wildman–Crippen MR) is 84.4 cm³/mol. The fourth-order valence-electron chi connectivity index (χ4n) is 2.33. The fourth-order valence-corrected chi connectivity index (χ4v) is 2.85. The third kappa shape index (κ3) is 3.08. The van der Waals surface area contributed by atoms with E-state index in [0.717, 1.165) is 5.56 Å². The van der Waals surface area contributed by atoms with Crippen molar-refractivity contribution in [3.63, 3.8) is 0 Å². The molecule has 0 bridgehead atoms. The summed E-state index contributed by atoms with van der Waals surface area (Å²) in [5.41, 5.74) is 1.75. The molecule has 1 aliphatic rings. The summed E-state index contributed by atoms with van der Waals surface area (Å²) >= 11 is 11.8. The van der Waals surface area contributed by atoms with Crippen LogP contribution in [-0.2, 0) is 16.0 Å². The summed E-state index contributed by atoms with van der Waals surface area (Å²) in [6.07, 6.45) is -0.539. The van der Waals surface area contributed by atoms with Crippen molar-refractivity contribution in [1.29, 1.82) is 0 Å².